The molecule has 0 saturated carbocycles. The van der Waals surface area contributed by atoms with Gasteiger partial charge in [-0.1, -0.05) is 6.07 Å². The highest BCUT2D eigenvalue weighted by molar-refractivity contribution is 5.68. The molecule has 1 aromatic carbocycles. The average molecular weight is 304 g/mol. The summed E-state index contributed by atoms with van der Waals surface area (Å²) in [5.74, 6) is 0.894. The van der Waals surface area contributed by atoms with Gasteiger partial charge in [0.05, 0.1) is 0 Å². The van der Waals surface area contributed by atoms with Gasteiger partial charge in [-0.2, -0.15) is 0 Å². The molecule has 120 valence electrons. The Kier molecular flexibility index (Phi) is 3.46. The highest BCUT2D eigenvalue weighted by Crippen LogP contribution is 2.41. The molecular formula is C17H24N2O3. The van der Waals surface area contributed by atoms with Crippen LogP contribution in [0.4, 0.5) is 10.5 Å². The van der Waals surface area contributed by atoms with Crippen LogP contribution in [-0.2, 0) is 11.2 Å². The van der Waals surface area contributed by atoms with Crippen LogP contribution < -0.4 is 10.5 Å². The molecule has 2 aliphatic rings. The molecule has 1 fully saturated rings. The molecule has 1 amide bonds. The minimum Gasteiger partial charge on any atom is -0.486 e. The van der Waals surface area contributed by atoms with Crippen LogP contribution in [0.5, 0.6) is 5.75 Å². The molecule has 1 saturated heterocycles. The number of anilines is 1. The van der Waals surface area contributed by atoms with Crippen LogP contribution in [0.3, 0.4) is 0 Å². The third kappa shape index (κ3) is 2.98. The van der Waals surface area contributed by atoms with Crippen molar-refractivity contribution in [3.8, 4) is 5.75 Å². The minimum absolute atomic E-state index is 0.186. The lowest BCUT2D eigenvalue weighted by atomic mass is 9.87. The van der Waals surface area contributed by atoms with Crippen LogP contribution >= 0.6 is 0 Å². The average Bonchev–Trinajstić information content (AvgIpc) is 2.74. The van der Waals surface area contributed by atoms with Crippen molar-refractivity contribution in [1.82, 2.24) is 4.90 Å². The Labute approximate surface area is 131 Å². The lowest BCUT2D eigenvalue weighted by molar-refractivity contribution is -0.00885. The molecule has 2 aliphatic heterocycles. The molecule has 0 unspecified atom stereocenters. The van der Waals surface area contributed by atoms with Crippen molar-refractivity contribution in [2.45, 2.75) is 51.2 Å². The van der Waals surface area contributed by atoms with Crippen LogP contribution in [0, 0.1) is 0 Å². The lowest BCUT2D eigenvalue weighted by Gasteiger charge is -2.39. The number of benzene rings is 1. The van der Waals surface area contributed by atoms with Gasteiger partial charge in [0, 0.05) is 44.1 Å². The van der Waals surface area contributed by atoms with E-state index in [0.717, 1.165) is 30.7 Å². The summed E-state index contributed by atoms with van der Waals surface area (Å²) in [6, 6.07) is 5.85. The molecule has 0 atom stereocenters. The third-order valence-corrected chi connectivity index (χ3v) is 4.26. The number of rotatable bonds is 0. The van der Waals surface area contributed by atoms with Gasteiger partial charge in [0.1, 0.15) is 17.0 Å². The smallest absolute Gasteiger partial charge is 0.410 e. The second kappa shape index (κ2) is 5.07. The summed E-state index contributed by atoms with van der Waals surface area (Å²) in [6.45, 7) is 6.99. The maximum absolute atomic E-state index is 12.1. The van der Waals surface area contributed by atoms with Gasteiger partial charge in [-0.05, 0) is 32.4 Å². The molecule has 22 heavy (non-hydrogen) atoms. The van der Waals surface area contributed by atoms with Crippen molar-refractivity contribution in [2.24, 2.45) is 0 Å². The zero-order valence-electron chi connectivity index (χ0n) is 13.5. The van der Waals surface area contributed by atoms with Gasteiger partial charge >= 0.3 is 6.09 Å². The van der Waals surface area contributed by atoms with E-state index >= 15 is 0 Å². The van der Waals surface area contributed by atoms with Crippen molar-refractivity contribution in [1.29, 1.82) is 0 Å². The molecule has 0 aliphatic carbocycles. The SMILES string of the molecule is CC(C)(C)OC(=O)N1CCC2(CC1)Cc1ccc(N)cc1O2. The Morgan fingerprint density at radius 1 is 1.32 bits per heavy atom. The molecule has 0 aromatic heterocycles. The van der Waals surface area contributed by atoms with Crippen molar-refractivity contribution in [3.05, 3.63) is 23.8 Å². The van der Waals surface area contributed by atoms with Crippen LogP contribution in [0.15, 0.2) is 18.2 Å². The minimum atomic E-state index is -0.455. The molecule has 2 heterocycles. The number of carbonyl (C=O) groups is 1. The van der Waals surface area contributed by atoms with E-state index in [0.29, 0.717) is 13.1 Å². The van der Waals surface area contributed by atoms with Crippen LogP contribution in [-0.4, -0.2) is 35.3 Å². The number of carbonyl (C=O) groups excluding carboxylic acids is 1. The fourth-order valence-electron chi connectivity index (χ4n) is 3.13. The van der Waals surface area contributed by atoms with Gasteiger partial charge in [-0.15, -0.1) is 0 Å². The van der Waals surface area contributed by atoms with Crippen LogP contribution in [0.2, 0.25) is 0 Å². The van der Waals surface area contributed by atoms with Gasteiger partial charge in [0.25, 0.3) is 0 Å². The monoisotopic (exact) mass is 304 g/mol. The quantitative estimate of drug-likeness (QED) is 0.748. The van der Waals surface area contributed by atoms with E-state index in [1.165, 1.54) is 5.56 Å². The number of nitrogens with zero attached hydrogens (tertiary/aromatic N) is 1. The number of nitrogen functional groups attached to an aromatic ring is 1. The van der Waals surface area contributed by atoms with Gasteiger partial charge in [0.2, 0.25) is 0 Å². The van der Waals surface area contributed by atoms with Crippen molar-refractivity contribution in [3.63, 3.8) is 0 Å². The van der Waals surface area contributed by atoms with E-state index in [4.69, 9.17) is 15.2 Å². The molecule has 0 bridgehead atoms. The number of piperidine rings is 1. The summed E-state index contributed by atoms with van der Waals surface area (Å²) in [6.07, 6.45) is 2.30. The van der Waals surface area contributed by atoms with E-state index in [9.17, 15) is 4.79 Å². The maximum atomic E-state index is 12.1. The third-order valence-electron chi connectivity index (χ3n) is 4.26. The Hall–Kier alpha value is -1.91. The van der Waals surface area contributed by atoms with Crippen LogP contribution in [0.1, 0.15) is 39.2 Å². The zero-order chi connectivity index (χ0) is 16.0. The summed E-state index contributed by atoms with van der Waals surface area (Å²) in [7, 11) is 0. The number of likely N-dealkylation sites (tertiary alicyclic amines) is 1. The summed E-state index contributed by atoms with van der Waals surface area (Å²) in [5.41, 5.74) is 7.11. The Morgan fingerprint density at radius 2 is 2.00 bits per heavy atom. The van der Waals surface area contributed by atoms with Gasteiger partial charge in [-0.3, -0.25) is 0 Å². The van der Waals surface area contributed by atoms with E-state index in [1.807, 2.05) is 39.0 Å². The number of hydrogen-bond acceptors (Lipinski definition) is 4. The standard InChI is InChI=1S/C17H24N2O3/c1-16(2,3)22-15(20)19-8-6-17(7-9-19)11-12-4-5-13(18)10-14(12)21-17/h4-5,10H,6-9,11,18H2,1-3H3. The van der Waals surface area contributed by atoms with Crippen LogP contribution in [0.25, 0.3) is 0 Å². The first kappa shape index (κ1) is 15.0. The first-order valence-electron chi connectivity index (χ1n) is 7.82. The van der Waals surface area contributed by atoms with E-state index in [2.05, 4.69) is 0 Å². The second-order valence-corrected chi connectivity index (χ2v) is 7.30. The molecule has 1 aromatic rings. The fourth-order valence-corrected chi connectivity index (χ4v) is 3.13. The second-order valence-electron chi connectivity index (χ2n) is 7.30. The topological polar surface area (TPSA) is 64.8 Å². The molecule has 5 nitrogen and oxygen atoms in total. The number of amides is 1. The Morgan fingerprint density at radius 3 is 2.64 bits per heavy atom. The summed E-state index contributed by atoms with van der Waals surface area (Å²) < 4.78 is 11.6. The van der Waals surface area contributed by atoms with E-state index < -0.39 is 5.60 Å². The maximum Gasteiger partial charge on any atom is 0.410 e. The predicted molar refractivity (Wildman–Crippen MR) is 85.0 cm³/mol. The van der Waals surface area contributed by atoms with Crippen molar-refractivity contribution < 1.29 is 14.3 Å². The zero-order valence-corrected chi connectivity index (χ0v) is 13.5. The van der Waals surface area contributed by atoms with E-state index in [-0.39, 0.29) is 11.7 Å². The largest absolute Gasteiger partial charge is 0.486 e. The number of nitrogens with two attached hydrogens (primary N) is 1. The summed E-state index contributed by atoms with van der Waals surface area (Å²) in [4.78, 5) is 13.9. The molecule has 3 rings (SSSR count). The molecule has 0 radical (unpaired) electrons. The van der Waals surface area contributed by atoms with Gasteiger partial charge in [-0.25, -0.2) is 4.79 Å². The first-order valence-corrected chi connectivity index (χ1v) is 7.82. The van der Waals surface area contributed by atoms with E-state index in [1.54, 1.807) is 4.90 Å². The number of fused-ring (bicyclic) bond motifs is 1. The molecular weight excluding hydrogens is 280 g/mol. The highest BCUT2D eigenvalue weighted by Gasteiger charge is 2.43. The predicted octanol–water partition coefficient (Wildman–Crippen LogP) is 2.97. The molecule has 1 spiro atoms. The highest BCUT2D eigenvalue weighted by atomic mass is 16.6. The van der Waals surface area contributed by atoms with Gasteiger partial charge < -0.3 is 20.1 Å². The summed E-state index contributed by atoms with van der Waals surface area (Å²) >= 11 is 0. The normalized spacial score (nSPS) is 19.7. The summed E-state index contributed by atoms with van der Waals surface area (Å²) in [5, 5.41) is 0. The fraction of sp³-hybridized carbons (Fsp3) is 0.588. The number of hydrogen-bond donors (Lipinski definition) is 1. The van der Waals surface area contributed by atoms with Gasteiger partial charge in [0.15, 0.2) is 0 Å². The van der Waals surface area contributed by atoms with Crippen molar-refractivity contribution >= 4 is 11.8 Å². The Balaban J connectivity index is 1.62. The van der Waals surface area contributed by atoms with Crippen molar-refractivity contribution in [2.75, 3.05) is 18.8 Å². The number of ether oxygens (including phenoxy) is 2. The molecule has 2 N–H and O–H groups in total. The lowest BCUT2D eigenvalue weighted by Crippen LogP contribution is -2.50. The Bertz CT molecular complexity index is 584. The molecule has 5 heteroatoms. The first-order chi connectivity index (χ1) is 10.3.